The van der Waals surface area contributed by atoms with Crippen LogP contribution in [0.2, 0.25) is 0 Å². The van der Waals surface area contributed by atoms with E-state index in [1.807, 2.05) is 39.0 Å². The van der Waals surface area contributed by atoms with Crippen LogP contribution in [0.15, 0.2) is 30.6 Å². The average molecular weight is 297 g/mol. The van der Waals surface area contributed by atoms with Crippen LogP contribution in [0.5, 0.6) is 0 Å². The monoisotopic (exact) mass is 297 g/mol. The number of carbonyl (C=O) groups excluding carboxylic acids is 1. The third kappa shape index (κ3) is 3.92. The summed E-state index contributed by atoms with van der Waals surface area (Å²) in [4.78, 5) is 16.2. The summed E-state index contributed by atoms with van der Waals surface area (Å²) in [7, 11) is 0. The minimum atomic E-state index is -0.247. The number of hydrogen-bond donors (Lipinski definition) is 1. The van der Waals surface area contributed by atoms with Gasteiger partial charge < -0.3 is 5.32 Å². The number of anilines is 1. The van der Waals surface area contributed by atoms with Gasteiger partial charge in [-0.25, -0.2) is 0 Å². The van der Waals surface area contributed by atoms with Gasteiger partial charge in [-0.3, -0.25) is 14.5 Å². The zero-order valence-electron chi connectivity index (χ0n) is 13.0. The van der Waals surface area contributed by atoms with Crippen molar-refractivity contribution >= 4 is 11.7 Å². The zero-order chi connectivity index (χ0) is 16.2. The minimum absolute atomic E-state index is 0.179. The van der Waals surface area contributed by atoms with Crippen LogP contribution in [0.3, 0.4) is 0 Å². The molecule has 0 unspecified atom stereocenters. The molecule has 6 nitrogen and oxygen atoms in total. The molecule has 0 spiro atoms. The number of nitrogens with one attached hydrogen (secondary N) is 1. The fourth-order valence-corrected chi connectivity index (χ4v) is 1.87. The summed E-state index contributed by atoms with van der Waals surface area (Å²) in [5.74, 6) is 0.129. The highest BCUT2D eigenvalue weighted by atomic mass is 16.1. The molecule has 2 heterocycles. The molecule has 0 fully saturated rings. The molecule has 2 rings (SSSR count). The first kappa shape index (κ1) is 15.7. The smallest absolute Gasteiger partial charge is 0.225 e. The molecule has 0 aromatic carbocycles. The van der Waals surface area contributed by atoms with Crippen molar-refractivity contribution in [1.29, 1.82) is 5.26 Å². The Kier molecular flexibility index (Phi) is 4.56. The van der Waals surface area contributed by atoms with Crippen molar-refractivity contribution in [2.75, 3.05) is 5.32 Å². The van der Waals surface area contributed by atoms with Gasteiger partial charge in [-0.2, -0.15) is 10.4 Å². The van der Waals surface area contributed by atoms with Crippen LogP contribution in [0, 0.1) is 11.3 Å². The van der Waals surface area contributed by atoms with Crippen LogP contribution in [0.4, 0.5) is 5.82 Å². The van der Waals surface area contributed by atoms with Crippen molar-refractivity contribution < 1.29 is 4.79 Å². The Hall–Kier alpha value is -2.68. The predicted molar refractivity (Wildman–Crippen MR) is 83.1 cm³/mol. The van der Waals surface area contributed by atoms with E-state index < -0.39 is 0 Å². The molecule has 0 atom stereocenters. The summed E-state index contributed by atoms with van der Waals surface area (Å²) >= 11 is 0. The summed E-state index contributed by atoms with van der Waals surface area (Å²) in [6, 6.07) is 7.66. The molecule has 0 saturated carbocycles. The van der Waals surface area contributed by atoms with Crippen LogP contribution in [-0.2, 0) is 16.8 Å². The Morgan fingerprint density at radius 2 is 2.18 bits per heavy atom. The fourth-order valence-electron chi connectivity index (χ4n) is 1.87. The van der Waals surface area contributed by atoms with Crippen LogP contribution < -0.4 is 5.32 Å². The van der Waals surface area contributed by atoms with Crippen LogP contribution in [0.1, 0.15) is 38.4 Å². The van der Waals surface area contributed by atoms with Gasteiger partial charge in [0, 0.05) is 24.5 Å². The number of aryl methyl sites for hydroxylation is 1. The second kappa shape index (κ2) is 6.39. The molecule has 2 aromatic heterocycles. The molecule has 2 aromatic rings. The van der Waals surface area contributed by atoms with E-state index in [-0.39, 0.29) is 11.4 Å². The molecule has 0 aliphatic rings. The highest BCUT2D eigenvalue weighted by Crippen LogP contribution is 2.19. The van der Waals surface area contributed by atoms with E-state index in [9.17, 15) is 4.79 Å². The van der Waals surface area contributed by atoms with Gasteiger partial charge in [-0.05, 0) is 39.3 Å². The summed E-state index contributed by atoms with van der Waals surface area (Å²) in [6.07, 6.45) is 4.19. The molecule has 0 radical (unpaired) electrons. The Balaban J connectivity index is 2.02. The lowest BCUT2D eigenvalue weighted by molar-refractivity contribution is -0.116. The van der Waals surface area contributed by atoms with Gasteiger partial charge in [0.1, 0.15) is 11.6 Å². The van der Waals surface area contributed by atoms with Crippen LogP contribution in [0.25, 0.3) is 0 Å². The maximum atomic E-state index is 12.0. The molecular formula is C16H19N5O. The highest BCUT2D eigenvalue weighted by molar-refractivity contribution is 5.91. The molecule has 0 saturated heterocycles. The molecule has 22 heavy (non-hydrogen) atoms. The van der Waals surface area contributed by atoms with Gasteiger partial charge in [0.15, 0.2) is 5.82 Å². The maximum absolute atomic E-state index is 12.0. The molecule has 1 amide bonds. The lowest BCUT2D eigenvalue weighted by atomic mass is 10.1. The molecule has 0 aliphatic carbocycles. The van der Waals surface area contributed by atoms with Crippen molar-refractivity contribution in [3.8, 4) is 6.07 Å². The van der Waals surface area contributed by atoms with Crippen LogP contribution in [-0.4, -0.2) is 20.7 Å². The third-order valence-corrected chi connectivity index (χ3v) is 3.11. The number of carbonyl (C=O) groups is 1. The highest BCUT2D eigenvalue weighted by Gasteiger charge is 2.19. The van der Waals surface area contributed by atoms with E-state index in [0.29, 0.717) is 24.2 Å². The second-order valence-electron chi connectivity index (χ2n) is 5.99. The van der Waals surface area contributed by atoms with E-state index >= 15 is 0 Å². The number of aromatic nitrogens is 3. The Bertz CT molecular complexity index is 692. The van der Waals surface area contributed by atoms with Crippen molar-refractivity contribution in [1.82, 2.24) is 14.8 Å². The predicted octanol–water partition coefficient (Wildman–Crippen LogP) is 2.48. The quantitative estimate of drug-likeness (QED) is 0.939. The number of pyridine rings is 1. The first-order valence-electron chi connectivity index (χ1n) is 7.10. The van der Waals surface area contributed by atoms with E-state index in [4.69, 9.17) is 5.26 Å². The standard InChI is InChI=1S/C16H19N5O/c1-16(2,3)21-11-12(10-17)15(20-21)19-14(22)8-7-13-6-4-5-9-18-13/h4-6,9,11H,7-8H2,1-3H3,(H,19,20,22). The molecular weight excluding hydrogens is 278 g/mol. The van der Waals surface area contributed by atoms with Gasteiger partial charge in [0.2, 0.25) is 5.91 Å². The largest absolute Gasteiger partial charge is 0.308 e. The Morgan fingerprint density at radius 3 is 2.77 bits per heavy atom. The van der Waals surface area contributed by atoms with Gasteiger partial charge in [0.25, 0.3) is 0 Å². The fraction of sp³-hybridized carbons (Fsp3) is 0.375. The van der Waals surface area contributed by atoms with E-state index in [2.05, 4.69) is 21.5 Å². The zero-order valence-corrected chi connectivity index (χ0v) is 13.0. The number of nitriles is 1. The number of hydrogen-bond acceptors (Lipinski definition) is 4. The summed E-state index contributed by atoms with van der Waals surface area (Å²) < 4.78 is 1.68. The molecule has 0 bridgehead atoms. The molecule has 1 N–H and O–H groups in total. The Labute approximate surface area is 129 Å². The van der Waals surface area contributed by atoms with Crippen molar-refractivity contribution in [3.63, 3.8) is 0 Å². The van der Waals surface area contributed by atoms with Crippen molar-refractivity contribution in [2.45, 2.75) is 39.2 Å². The van der Waals surface area contributed by atoms with Gasteiger partial charge in [0.05, 0.1) is 5.54 Å². The van der Waals surface area contributed by atoms with Crippen molar-refractivity contribution in [3.05, 3.63) is 41.9 Å². The van der Waals surface area contributed by atoms with Crippen molar-refractivity contribution in [2.24, 2.45) is 0 Å². The van der Waals surface area contributed by atoms with E-state index in [1.54, 1.807) is 17.1 Å². The van der Waals surface area contributed by atoms with Gasteiger partial charge in [-0.15, -0.1) is 0 Å². The Morgan fingerprint density at radius 1 is 1.41 bits per heavy atom. The molecule has 6 heteroatoms. The lowest BCUT2D eigenvalue weighted by Crippen LogP contribution is -2.22. The first-order chi connectivity index (χ1) is 10.4. The molecule has 0 aliphatic heterocycles. The number of amides is 1. The summed E-state index contributed by atoms with van der Waals surface area (Å²) in [5, 5.41) is 16.2. The maximum Gasteiger partial charge on any atom is 0.225 e. The minimum Gasteiger partial charge on any atom is -0.308 e. The lowest BCUT2D eigenvalue weighted by Gasteiger charge is -2.18. The topological polar surface area (TPSA) is 83.6 Å². The average Bonchev–Trinajstić information content (AvgIpc) is 2.89. The van der Waals surface area contributed by atoms with E-state index in [0.717, 1.165) is 5.69 Å². The summed E-state index contributed by atoms with van der Waals surface area (Å²) in [5.41, 5.74) is 0.974. The SMILES string of the molecule is CC(C)(C)n1cc(C#N)c(NC(=O)CCc2ccccn2)n1. The number of rotatable bonds is 4. The van der Waals surface area contributed by atoms with Gasteiger partial charge in [-0.1, -0.05) is 6.07 Å². The van der Waals surface area contributed by atoms with E-state index in [1.165, 1.54) is 0 Å². The normalized spacial score (nSPS) is 11.0. The second-order valence-corrected chi connectivity index (χ2v) is 5.99. The molecule has 114 valence electrons. The summed E-state index contributed by atoms with van der Waals surface area (Å²) in [6.45, 7) is 5.94. The third-order valence-electron chi connectivity index (χ3n) is 3.11. The number of nitrogens with zero attached hydrogens (tertiary/aromatic N) is 4. The van der Waals surface area contributed by atoms with Crippen LogP contribution >= 0.6 is 0 Å². The van der Waals surface area contributed by atoms with Gasteiger partial charge >= 0.3 is 0 Å². The first-order valence-corrected chi connectivity index (χ1v) is 7.10.